The van der Waals surface area contributed by atoms with Crippen LogP contribution in [0.5, 0.6) is 5.88 Å². The first kappa shape index (κ1) is 9.91. The van der Waals surface area contributed by atoms with Crippen LogP contribution in [0.15, 0.2) is 6.20 Å². The molecular formula is C6H5ClF2N2O2. The number of nitrogens with zero attached hydrogens (tertiary/aromatic N) is 2. The Balaban J connectivity index is 2.89. The normalized spacial score (nSPS) is 10.5. The third-order valence-electron chi connectivity index (χ3n) is 1.10. The maximum absolute atomic E-state index is 12.0. The molecule has 0 saturated heterocycles. The third-order valence-corrected chi connectivity index (χ3v) is 1.36. The molecule has 13 heavy (non-hydrogen) atoms. The van der Waals surface area contributed by atoms with Crippen LogP contribution in [0.3, 0.4) is 0 Å². The molecule has 0 radical (unpaired) electrons. The fourth-order valence-electron chi connectivity index (χ4n) is 0.658. The van der Waals surface area contributed by atoms with Crippen LogP contribution in [0.2, 0.25) is 5.02 Å². The number of carbonyl (C=O) groups is 1. The topological polar surface area (TPSA) is 44.1 Å². The summed E-state index contributed by atoms with van der Waals surface area (Å²) in [6.45, 7) is -1.68. The van der Waals surface area contributed by atoms with Gasteiger partial charge in [-0.25, -0.2) is 4.68 Å². The van der Waals surface area contributed by atoms with Crippen LogP contribution in [0.1, 0.15) is 13.5 Å². The standard InChI is InChI=1S/C6H5ClF2N2O2/c1-3(12)13-5-4(7)2-11(10-5)6(8)9/h2,6H,1H3. The maximum Gasteiger partial charge on any atom is 0.333 e. The van der Waals surface area contributed by atoms with Crippen molar-refractivity contribution in [2.24, 2.45) is 0 Å². The zero-order chi connectivity index (χ0) is 10.0. The summed E-state index contributed by atoms with van der Waals surface area (Å²) in [5.74, 6) is -0.976. The van der Waals surface area contributed by atoms with Gasteiger partial charge >= 0.3 is 12.5 Å². The first-order valence-electron chi connectivity index (χ1n) is 3.22. The number of carbonyl (C=O) groups excluding carboxylic acids is 1. The van der Waals surface area contributed by atoms with Crippen LogP contribution >= 0.6 is 11.6 Å². The van der Waals surface area contributed by atoms with E-state index in [2.05, 4.69) is 9.84 Å². The van der Waals surface area contributed by atoms with Crippen molar-refractivity contribution < 1.29 is 18.3 Å². The second-order valence-corrected chi connectivity index (χ2v) is 2.54. The lowest BCUT2D eigenvalue weighted by Gasteiger charge is -1.96. The summed E-state index contributed by atoms with van der Waals surface area (Å²) in [4.78, 5) is 10.4. The number of ether oxygens (including phenoxy) is 1. The number of alkyl halides is 2. The summed E-state index contributed by atoms with van der Waals surface area (Å²) in [7, 11) is 0. The Bertz CT molecular complexity index is 326. The van der Waals surface area contributed by atoms with Crippen molar-refractivity contribution in [2.75, 3.05) is 0 Å². The van der Waals surface area contributed by atoms with Gasteiger partial charge in [0.2, 0.25) is 0 Å². The van der Waals surface area contributed by atoms with Gasteiger partial charge in [0, 0.05) is 6.92 Å². The molecule has 0 aliphatic carbocycles. The van der Waals surface area contributed by atoms with Crippen molar-refractivity contribution in [3.05, 3.63) is 11.2 Å². The van der Waals surface area contributed by atoms with Gasteiger partial charge in [0.1, 0.15) is 5.02 Å². The van der Waals surface area contributed by atoms with E-state index < -0.39 is 12.5 Å². The van der Waals surface area contributed by atoms with E-state index in [1.807, 2.05) is 0 Å². The van der Waals surface area contributed by atoms with Gasteiger partial charge in [0.05, 0.1) is 6.20 Å². The predicted molar refractivity (Wildman–Crippen MR) is 39.8 cm³/mol. The van der Waals surface area contributed by atoms with E-state index in [0.717, 1.165) is 13.1 Å². The van der Waals surface area contributed by atoms with Crippen molar-refractivity contribution in [3.63, 3.8) is 0 Å². The van der Waals surface area contributed by atoms with E-state index in [1.165, 1.54) is 0 Å². The molecule has 1 aromatic rings. The molecule has 0 fully saturated rings. The summed E-state index contributed by atoms with van der Waals surface area (Å²) >= 11 is 5.44. The molecule has 0 aliphatic rings. The Morgan fingerprint density at radius 1 is 1.77 bits per heavy atom. The second kappa shape index (κ2) is 3.69. The van der Waals surface area contributed by atoms with Crippen LogP contribution in [-0.4, -0.2) is 15.7 Å². The van der Waals surface area contributed by atoms with Gasteiger partial charge in [-0.15, -0.1) is 5.10 Å². The molecule has 0 bridgehead atoms. The highest BCUT2D eigenvalue weighted by Crippen LogP contribution is 2.24. The molecule has 0 N–H and O–H groups in total. The lowest BCUT2D eigenvalue weighted by molar-refractivity contribution is -0.132. The summed E-state index contributed by atoms with van der Waals surface area (Å²) in [5.41, 5.74) is 0. The smallest absolute Gasteiger partial charge is 0.333 e. The Hall–Kier alpha value is -1.17. The van der Waals surface area contributed by atoms with E-state index in [0.29, 0.717) is 4.68 Å². The van der Waals surface area contributed by atoms with Crippen molar-refractivity contribution in [2.45, 2.75) is 13.5 Å². The number of esters is 1. The van der Waals surface area contributed by atoms with Gasteiger partial charge < -0.3 is 4.74 Å². The predicted octanol–water partition coefficient (Wildman–Crippen LogP) is 1.86. The molecule has 72 valence electrons. The van der Waals surface area contributed by atoms with Crippen LogP contribution < -0.4 is 4.74 Å². The zero-order valence-electron chi connectivity index (χ0n) is 6.50. The largest absolute Gasteiger partial charge is 0.404 e. The molecule has 0 saturated carbocycles. The Labute approximate surface area is 77.0 Å². The summed E-state index contributed by atoms with van der Waals surface area (Å²) < 4.78 is 28.7. The molecule has 0 amide bonds. The van der Waals surface area contributed by atoms with Gasteiger partial charge in [-0.05, 0) is 0 Å². The summed E-state index contributed by atoms with van der Waals surface area (Å²) in [5, 5.41) is 3.11. The Kier molecular flexibility index (Phi) is 2.82. The molecule has 0 aromatic carbocycles. The van der Waals surface area contributed by atoms with Crippen molar-refractivity contribution in [1.29, 1.82) is 0 Å². The molecule has 4 nitrogen and oxygen atoms in total. The van der Waals surface area contributed by atoms with Gasteiger partial charge in [-0.2, -0.15) is 8.78 Å². The number of halogens is 3. The fraction of sp³-hybridized carbons (Fsp3) is 0.333. The summed E-state index contributed by atoms with van der Waals surface area (Å²) in [6.07, 6.45) is 0.879. The van der Waals surface area contributed by atoms with E-state index in [4.69, 9.17) is 11.6 Å². The zero-order valence-corrected chi connectivity index (χ0v) is 7.26. The number of hydrogen-bond donors (Lipinski definition) is 0. The van der Waals surface area contributed by atoms with E-state index >= 15 is 0 Å². The summed E-state index contributed by atoms with van der Waals surface area (Å²) in [6, 6.07) is 0. The minimum absolute atomic E-state index is 0.129. The van der Waals surface area contributed by atoms with Crippen LogP contribution in [-0.2, 0) is 4.79 Å². The van der Waals surface area contributed by atoms with Crippen molar-refractivity contribution >= 4 is 17.6 Å². The fourth-order valence-corrected chi connectivity index (χ4v) is 0.835. The monoisotopic (exact) mass is 210 g/mol. The molecule has 1 rings (SSSR count). The average molecular weight is 211 g/mol. The molecule has 7 heteroatoms. The lowest BCUT2D eigenvalue weighted by atomic mass is 10.7. The number of rotatable bonds is 2. The first-order chi connectivity index (χ1) is 6.00. The van der Waals surface area contributed by atoms with E-state index in [-0.39, 0.29) is 10.9 Å². The third kappa shape index (κ3) is 2.38. The van der Waals surface area contributed by atoms with Gasteiger partial charge in [-0.1, -0.05) is 11.6 Å². The molecule has 1 aromatic heterocycles. The molecule has 0 aliphatic heterocycles. The van der Waals surface area contributed by atoms with Gasteiger partial charge in [-0.3, -0.25) is 4.79 Å². The highest BCUT2D eigenvalue weighted by atomic mass is 35.5. The van der Waals surface area contributed by atoms with Crippen molar-refractivity contribution in [3.8, 4) is 5.88 Å². The highest BCUT2D eigenvalue weighted by molar-refractivity contribution is 6.31. The van der Waals surface area contributed by atoms with Crippen molar-refractivity contribution in [1.82, 2.24) is 9.78 Å². The number of aromatic nitrogens is 2. The minimum atomic E-state index is -2.80. The van der Waals surface area contributed by atoms with E-state index in [1.54, 1.807) is 0 Å². The first-order valence-corrected chi connectivity index (χ1v) is 3.59. The Morgan fingerprint density at radius 2 is 2.38 bits per heavy atom. The molecular weight excluding hydrogens is 206 g/mol. The van der Waals surface area contributed by atoms with Crippen LogP contribution in [0, 0.1) is 0 Å². The van der Waals surface area contributed by atoms with Gasteiger partial charge in [0.15, 0.2) is 0 Å². The maximum atomic E-state index is 12.0. The molecule has 0 unspecified atom stereocenters. The SMILES string of the molecule is CC(=O)Oc1nn(C(F)F)cc1Cl. The Morgan fingerprint density at radius 3 is 2.77 bits per heavy atom. The van der Waals surface area contributed by atoms with Crippen LogP contribution in [0.25, 0.3) is 0 Å². The minimum Gasteiger partial charge on any atom is -0.404 e. The van der Waals surface area contributed by atoms with Crippen LogP contribution in [0.4, 0.5) is 8.78 Å². The van der Waals surface area contributed by atoms with E-state index in [9.17, 15) is 13.6 Å². The highest BCUT2D eigenvalue weighted by Gasteiger charge is 2.14. The second-order valence-electron chi connectivity index (χ2n) is 2.13. The molecule has 0 atom stereocenters. The molecule has 1 heterocycles. The lowest BCUT2D eigenvalue weighted by Crippen LogP contribution is -2.04. The van der Waals surface area contributed by atoms with Gasteiger partial charge in [0.25, 0.3) is 5.88 Å². The number of hydrogen-bond acceptors (Lipinski definition) is 3. The average Bonchev–Trinajstić information content (AvgIpc) is 2.31. The quantitative estimate of drug-likeness (QED) is 0.700. The molecule has 0 spiro atoms.